The van der Waals surface area contributed by atoms with Crippen LogP contribution in [0.25, 0.3) is 0 Å². The third-order valence-corrected chi connectivity index (χ3v) is 11.3. The van der Waals surface area contributed by atoms with Crippen LogP contribution < -0.4 is 0 Å². The molecule has 196 valence electrons. The minimum Gasteiger partial charge on any atom is -0.392 e. The van der Waals surface area contributed by atoms with Gasteiger partial charge in [0.05, 0.1) is 6.10 Å². The summed E-state index contributed by atoms with van der Waals surface area (Å²) in [6, 6.07) is 0. The Bertz CT molecular complexity index is 590. The van der Waals surface area contributed by atoms with Gasteiger partial charge >= 0.3 is 0 Å². The van der Waals surface area contributed by atoms with E-state index in [9.17, 15) is 9.90 Å². The van der Waals surface area contributed by atoms with Gasteiger partial charge in [0, 0.05) is 12.3 Å². The Morgan fingerprint density at radius 1 is 0.618 bits per heavy atom. The Balaban J connectivity index is 1.14. The SMILES string of the molecule is CCCCC1CCC(C2CCC(C3CCC(C4CCC(C(=O)CCC)C(O)C4)CC3)CC2)CC1. The minimum absolute atomic E-state index is 0.0610. The smallest absolute Gasteiger partial charge is 0.138 e. The molecular weight excluding hydrogens is 416 g/mol. The summed E-state index contributed by atoms with van der Waals surface area (Å²) < 4.78 is 0. The molecular formula is C32H56O2. The Labute approximate surface area is 211 Å². The largest absolute Gasteiger partial charge is 0.392 e. The first kappa shape index (κ1) is 26.7. The normalized spacial score (nSPS) is 41.8. The summed E-state index contributed by atoms with van der Waals surface area (Å²) in [4.78, 5) is 12.3. The number of hydrogen-bond acceptors (Lipinski definition) is 2. The molecule has 0 bridgehead atoms. The standard InChI is InChI=1S/C32H56O2/c1-3-5-7-23-8-10-24(11-9-23)25-12-14-26(15-13-25)27-16-18-28(19-17-27)29-20-21-30(32(34)22-29)31(33)6-4-2/h23-30,32,34H,3-22H2,1-2H3. The van der Waals surface area contributed by atoms with Crippen molar-refractivity contribution in [3.05, 3.63) is 0 Å². The molecule has 4 aliphatic carbocycles. The molecule has 0 saturated heterocycles. The van der Waals surface area contributed by atoms with Gasteiger partial charge in [-0.15, -0.1) is 0 Å². The number of rotatable bonds is 9. The quantitative estimate of drug-likeness (QED) is 0.364. The van der Waals surface area contributed by atoms with E-state index in [4.69, 9.17) is 0 Å². The van der Waals surface area contributed by atoms with Crippen molar-refractivity contribution in [3.63, 3.8) is 0 Å². The number of aliphatic hydroxyl groups is 1. The average Bonchev–Trinajstić information content (AvgIpc) is 2.88. The molecule has 0 amide bonds. The van der Waals surface area contributed by atoms with E-state index in [2.05, 4.69) is 13.8 Å². The lowest BCUT2D eigenvalue weighted by Gasteiger charge is -2.43. The molecule has 4 fully saturated rings. The monoisotopic (exact) mass is 472 g/mol. The first-order valence-electron chi connectivity index (χ1n) is 15.8. The van der Waals surface area contributed by atoms with Crippen LogP contribution in [0.15, 0.2) is 0 Å². The zero-order chi connectivity index (χ0) is 23.9. The molecule has 0 radical (unpaired) electrons. The first-order chi connectivity index (χ1) is 16.6. The van der Waals surface area contributed by atoms with Gasteiger partial charge < -0.3 is 5.11 Å². The topological polar surface area (TPSA) is 37.3 Å². The molecule has 4 rings (SSSR count). The van der Waals surface area contributed by atoms with Crippen LogP contribution in [0.2, 0.25) is 0 Å². The highest BCUT2D eigenvalue weighted by Crippen LogP contribution is 2.48. The summed E-state index contributed by atoms with van der Waals surface area (Å²) in [5, 5.41) is 10.7. The number of carbonyl (C=O) groups is 1. The van der Waals surface area contributed by atoms with Crippen molar-refractivity contribution < 1.29 is 9.90 Å². The van der Waals surface area contributed by atoms with Crippen molar-refractivity contribution in [2.45, 2.75) is 148 Å². The summed E-state index contributed by atoms with van der Waals surface area (Å²) >= 11 is 0. The number of unbranched alkanes of at least 4 members (excludes halogenated alkanes) is 1. The molecule has 4 saturated carbocycles. The predicted molar refractivity (Wildman–Crippen MR) is 143 cm³/mol. The summed E-state index contributed by atoms with van der Waals surface area (Å²) in [6.45, 7) is 4.41. The Morgan fingerprint density at radius 3 is 1.50 bits per heavy atom. The van der Waals surface area contributed by atoms with Gasteiger partial charge in [-0.2, -0.15) is 0 Å². The number of aliphatic hydroxyl groups excluding tert-OH is 1. The molecule has 0 aromatic rings. The van der Waals surface area contributed by atoms with Crippen molar-refractivity contribution in [1.82, 2.24) is 0 Å². The van der Waals surface area contributed by atoms with Crippen LogP contribution >= 0.6 is 0 Å². The Kier molecular flexibility index (Phi) is 10.4. The molecule has 0 heterocycles. The number of carbonyl (C=O) groups excluding carboxylic acids is 1. The Morgan fingerprint density at radius 2 is 1.06 bits per heavy atom. The summed E-state index contributed by atoms with van der Waals surface area (Å²) in [5.74, 6) is 6.88. The van der Waals surface area contributed by atoms with E-state index in [1.165, 1.54) is 103 Å². The van der Waals surface area contributed by atoms with E-state index in [-0.39, 0.29) is 12.0 Å². The fraction of sp³-hybridized carbons (Fsp3) is 0.969. The van der Waals surface area contributed by atoms with E-state index in [1.807, 2.05) is 0 Å². The van der Waals surface area contributed by atoms with Gasteiger partial charge in [-0.1, -0.05) is 46.0 Å². The van der Waals surface area contributed by atoms with Crippen LogP contribution in [-0.2, 0) is 4.79 Å². The van der Waals surface area contributed by atoms with Crippen molar-refractivity contribution in [2.75, 3.05) is 0 Å². The van der Waals surface area contributed by atoms with Crippen LogP contribution in [0.1, 0.15) is 142 Å². The average molecular weight is 473 g/mol. The van der Waals surface area contributed by atoms with Gasteiger partial charge in [-0.3, -0.25) is 4.79 Å². The van der Waals surface area contributed by atoms with Crippen molar-refractivity contribution in [1.29, 1.82) is 0 Å². The molecule has 3 unspecified atom stereocenters. The van der Waals surface area contributed by atoms with Crippen LogP contribution in [0.5, 0.6) is 0 Å². The van der Waals surface area contributed by atoms with Crippen molar-refractivity contribution in [3.8, 4) is 0 Å². The molecule has 3 atom stereocenters. The van der Waals surface area contributed by atoms with Gasteiger partial charge in [0.25, 0.3) is 0 Å². The third-order valence-electron chi connectivity index (χ3n) is 11.3. The van der Waals surface area contributed by atoms with Crippen molar-refractivity contribution in [2.24, 2.45) is 47.3 Å². The fourth-order valence-corrected chi connectivity index (χ4v) is 9.03. The van der Waals surface area contributed by atoms with E-state index < -0.39 is 0 Å². The second-order valence-electron chi connectivity index (χ2n) is 13.2. The second kappa shape index (κ2) is 13.3. The highest BCUT2D eigenvalue weighted by atomic mass is 16.3. The van der Waals surface area contributed by atoms with Crippen LogP contribution in [0.3, 0.4) is 0 Å². The van der Waals surface area contributed by atoms with Gasteiger partial charge in [0.15, 0.2) is 0 Å². The maximum absolute atomic E-state index is 12.3. The lowest BCUT2D eigenvalue weighted by molar-refractivity contribution is -0.129. The molecule has 34 heavy (non-hydrogen) atoms. The summed E-state index contributed by atoms with van der Waals surface area (Å²) in [7, 11) is 0. The lowest BCUT2D eigenvalue weighted by Crippen LogP contribution is -2.38. The summed E-state index contributed by atoms with van der Waals surface area (Å²) in [6.07, 6.45) is 26.4. The maximum Gasteiger partial charge on any atom is 0.138 e. The zero-order valence-corrected chi connectivity index (χ0v) is 22.7. The number of ketones is 1. The van der Waals surface area contributed by atoms with E-state index >= 15 is 0 Å². The van der Waals surface area contributed by atoms with Crippen molar-refractivity contribution >= 4 is 5.78 Å². The minimum atomic E-state index is -0.368. The van der Waals surface area contributed by atoms with E-state index in [0.717, 1.165) is 54.8 Å². The van der Waals surface area contributed by atoms with E-state index in [1.54, 1.807) is 0 Å². The van der Waals surface area contributed by atoms with Crippen LogP contribution in [0, 0.1) is 47.3 Å². The highest BCUT2D eigenvalue weighted by molar-refractivity contribution is 5.81. The van der Waals surface area contributed by atoms with Crippen LogP contribution in [-0.4, -0.2) is 17.0 Å². The van der Waals surface area contributed by atoms with Gasteiger partial charge in [-0.05, 0) is 131 Å². The predicted octanol–water partition coefficient (Wildman–Crippen LogP) is 8.74. The Hall–Kier alpha value is -0.370. The fourth-order valence-electron chi connectivity index (χ4n) is 9.03. The molecule has 0 aromatic carbocycles. The highest BCUT2D eigenvalue weighted by Gasteiger charge is 2.39. The maximum atomic E-state index is 12.3. The molecule has 0 aliphatic heterocycles. The number of hydrogen-bond donors (Lipinski definition) is 1. The van der Waals surface area contributed by atoms with Gasteiger partial charge in [0.2, 0.25) is 0 Å². The third kappa shape index (κ3) is 6.89. The van der Waals surface area contributed by atoms with Gasteiger partial charge in [-0.25, -0.2) is 0 Å². The zero-order valence-electron chi connectivity index (χ0n) is 22.7. The molecule has 0 spiro atoms. The number of Topliss-reactive ketones (excluding diaryl/α,β-unsaturated/α-hetero) is 1. The summed E-state index contributed by atoms with van der Waals surface area (Å²) in [5.41, 5.74) is 0. The molecule has 4 aliphatic rings. The van der Waals surface area contributed by atoms with E-state index in [0.29, 0.717) is 18.1 Å². The molecule has 1 N–H and O–H groups in total. The second-order valence-corrected chi connectivity index (χ2v) is 13.2. The molecule has 0 aromatic heterocycles. The molecule has 2 nitrogen and oxygen atoms in total. The first-order valence-corrected chi connectivity index (χ1v) is 15.8. The van der Waals surface area contributed by atoms with Gasteiger partial charge in [0.1, 0.15) is 5.78 Å². The molecule has 2 heteroatoms. The lowest BCUT2D eigenvalue weighted by atomic mass is 9.62. The van der Waals surface area contributed by atoms with Crippen LogP contribution in [0.4, 0.5) is 0 Å².